The van der Waals surface area contributed by atoms with Crippen molar-refractivity contribution < 1.29 is 0 Å². The molecule has 0 saturated carbocycles. The summed E-state index contributed by atoms with van der Waals surface area (Å²) in [5.74, 6) is 0. The van der Waals surface area contributed by atoms with E-state index in [1.165, 1.54) is 38.6 Å². The molecule has 0 fully saturated rings. The van der Waals surface area contributed by atoms with Crippen molar-refractivity contribution in [1.82, 2.24) is 0 Å². The van der Waals surface area contributed by atoms with Gasteiger partial charge in [-0.3, -0.25) is 0 Å². The molecule has 0 unspecified atom stereocenters. The molecule has 2 aliphatic rings. The Morgan fingerprint density at radius 3 is 2.83 bits per heavy atom. The van der Waals surface area contributed by atoms with Gasteiger partial charge in [-0.25, -0.2) is 0 Å². The zero-order valence-corrected chi connectivity index (χ0v) is 13.3. The monoisotopic (exact) mass is 299 g/mol. The first kappa shape index (κ1) is 14.2. The minimum absolute atomic E-state index is 0.716. The minimum Gasteiger partial charge on any atom is -0.330 e. The van der Waals surface area contributed by atoms with Gasteiger partial charge >= 0.3 is 0 Å². The van der Waals surface area contributed by atoms with E-state index in [-0.39, 0.29) is 0 Å². The van der Waals surface area contributed by atoms with Crippen LogP contribution in [-0.4, -0.2) is 6.54 Å². The fraction of sp³-hybridized carbons (Fsp3) is 0.182. The third-order valence-corrected chi connectivity index (χ3v) is 4.75. The molecule has 0 heterocycles. The molecule has 2 aromatic carbocycles. The third kappa shape index (κ3) is 2.58. The highest BCUT2D eigenvalue weighted by Gasteiger charge is 2.21. The summed E-state index contributed by atoms with van der Waals surface area (Å²) in [6, 6.07) is 15.1. The summed E-state index contributed by atoms with van der Waals surface area (Å²) in [5, 5.41) is 2.60. The first-order valence-electron chi connectivity index (χ1n) is 8.37. The van der Waals surface area contributed by atoms with Crippen LogP contribution in [0, 0.1) is 0 Å². The molecule has 1 nitrogen and oxygen atoms in total. The summed E-state index contributed by atoms with van der Waals surface area (Å²) in [6.45, 7) is 0.716. The predicted octanol–water partition coefficient (Wildman–Crippen LogP) is 5.16. The van der Waals surface area contributed by atoms with Gasteiger partial charge in [0, 0.05) is 0 Å². The molecule has 2 aliphatic carbocycles. The lowest BCUT2D eigenvalue weighted by Gasteiger charge is -2.12. The standard InChI is InChI=1S/C22H21N/c23-13-12-18-15-19(22-11-4-3-10-21(18)22)14-17-8-5-7-16-6-1-2-9-20(16)17/h1-2,4-9,11,14-15H,3,10,12-13,23H2/b19-14+. The Kier molecular flexibility index (Phi) is 3.72. The van der Waals surface area contributed by atoms with Crippen LogP contribution in [0.15, 0.2) is 83.0 Å². The van der Waals surface area contributed by atoms with E-state index in [1.807, 2.05) is 0 Å². The smallest absolute Gasteiger partial charge is 0.00366 e. The molecule has 0 saturated heterocycles. The van der Waals surface area contributed by atoms with Crippen molar-refractivity contribution in [1.29, 1.82) is 0 Å². The maximum absolute atomic E-state index is 5.80. The lowest BCUT2D eigenvalue weighted by Crippen LogP contribution is -2.02. The maximum Gasteiger partial charge on any atom is -0.00366 e. The van der Waals surface area contributed by atoms with Gasteiger partial charge in [-0.1, -0.05) is 60.7 Å². The largest absolute Gasteiger partial charge is 0.330 e. The lowest BCUT2D eigenvalue weighted by molar-refractivity contribution is 0.900. The summed E-state index contributed by atoms with van der Waals surface area (Å²) in [5.41, 5.74) is 12.7. The number of fused-ring (bicyclic) bond motifs is 1. The fourth-order valence-corrected chi connectivity index (χ4v) is 3.66. The van der Waals surface area contributed by atoms with Crippen LogP contribution in [0.2, 0.25) is 0 Å². The van der Waals surface area contributed by atoms with Crippen LogP contribution >= 0.6 is 0 Å². The van der Waals surface area contributed by atoms with Crippen molar-refractivity contribution in [2.24, 2.45) is 5.73 Å². The molecule has 0 aromatic heterocycles. The van der Waals surface area contributed by atoms with E-state index in [0.29, 0.717) is 6.54 Å². The van der Waals surface area contributed by atoms with Crippen molar-refractivity contribution >= 4 is 16.8 Å². The molecule has 114 valence electrons. The average molecular weight is 299 g/mol. The molecule has 4 rings (SSSR count). The first-order valence-corrected chi connectivity index (χ1v) is 8.37. The number of rotatable bonds is 3. The Morgan fingerprint density at radius 1 is 1.04 bits per heavy atom. The number of hydrogen-bond acceptors (Lipinski definition) is 1. The molecule has 0 atom stereocenters. The van der Waals surface area contributed by atoms with Crippen LogP contribution in [0.3, 0.4) is 0 Å². The van der Waals surface area contributed by atoms with Gasteiger partial charge in [0.05, 0.1) is 0 Å². The highest BCUT2D eigenvalue weighted by molar-refractivity contribution is 5.92. The molecule has 0 aliphatic heterocycles. The van der Waals surface area contributed by atoms with Gasteiger partial charge in [0.1, 0.15) is 0 Å². The molecule has 0 radical (unpaired) electrons. The van der Waals surface area contributed by atoms with Crippen molar-refractivity contribution in [2.45, 2.75) is 19.3 Å². The summed E-state index contributed by atoms with van der Waals surface area (Å²) in [6.07, 6.45) is 12.5. The second-order valence-corrected chi connectivity index (χ2v) is 6.21. The molecule has 2 N–H and O–H groups in total. The van der Waals surface area contributed by atoms with E-state index in [0.717, 1.165) is 19.3 Å². The Labute approximate surface area is 137 Å². The van der Waals surface area contributed by atoms with Gasteiger partial charge < -0.3 is 5.73 Å². The summed E-state index contributed by atoms with van der Waals surface area (Å²) < 4.78 is 0. The Hall–Kier alpha value is -2.38. The van der Waals surface area contributed by atoms with E-state index in [4.69, 9.17) is 5.73 Å². The summed E-state index contributed by atoms with van der Waals surface area (Å²) >= 11 is 0. The molecule has 2 aromatic rings. The van der Waals surface area contributed by atoms with Crippen LogP contribution in [0.5, 0.6) is 0 Å². The summed E-state index contributed by atoms with van der Waals surface area (Å²) in [4.78, 5) is 0. The molecule has 0 amide bonds. The van der Waals surface area contributed by atoms with Gasteiger partial charge in [0.25, 0.3) is 0 Å². The molecule has 1 heteroatoms. The van der Waals surface area contributed by atoms with Gasteiger partial charge in [-0.2, -0.15) is 0 Å². The van der Waals surface area contributed by atoms with E-state index in [2.05, 4.69) is 66.8 Å². The molecular weight excluding hydrogens is 278 g/mol. The van der Waals surface area contributed by atoms with Crippen molar-refractivity contribution in [3.8, 4) is 0 Å². The topological polar surface area (TPSA) is 26.0 Å². The van der Waals surface area contributed by atoms with Crippen molar-refractivity contribution in [2.75, 3.05) is 6.54 Å². The first-order chi connectivity index (χ1) is 11.4. The third-order valence-electron chi connectivity index (χ3n) is 4.75. The summed E-state index contributed by atoms with van der Waals surface area (Å²) in [7, 11) is 0. The average Bonchev–Trinajstić information content (AvgIpc) is 2.94. The van der Waals surface area contributed by atoms with Crippen LogP contribution in [0.25, 0.3) is 16.8 Å². The Bertz CT molecular complexity index is 872. The lowest BCUT2D eigenvalue weighted by atomic mass is 9.93. The fourth-order valence-electron chi connectivity index (χ4n) is 3.66. The number of nitrogens with two attached hydrogens (primary N) is 1. The van der Waals surface area contributed by atoms with Gasteiger partial charge in [0.2, 0.25) is 0 Å². The van der Waals surface area contributed by atoms with E-state index in [9.17, 15) is 0 Å². The molecule has 23 heavy (non-hydrogen) atoms. The predicted molar refractivity (Wildman–Crippen MR) is 99.1 cm³/mol. The minimum atomic E-state index is 0.716. The highest BCUT2D eigenvalue weighted by atomic mass is 14.5. The highest BCUT2D eigenvalue weighted by Crippen LogP contribution is 2.39. The second-order valence-electron chi connectivity index (χ2n) is 6.21. The van der Waals surface area contributed by atoms with Crippen LogP contribution in [0.4, 0.5) is 0 Å². The van der Waals surface area contributed by atoms with Gasteiger partial charge in [-0.15, -0.1) is 0 Å². The van der Waals surface area contributed by atoms with Gasteiger partial charge in [-0.05, 0) is 70.5 Å². The van der Waals surface area contributed by atoms with Crippen molar-refractivity contribution in [3.05, 3.63) is 88.5 Å². The molecule has 0 bridgehead atoms. The maximum atomic E-state index is 5.80. The number of benzene rings is 2. The van der Waals surface area contributed by atoms with Crippen LogP contribution in [0.1, 0.15) is 24.8 Å². The number of allylic oxidation sites excluding steroid dienone is 6. The number of hydrogen-bond donors (Lipinski definition) is 1. The zero-order chi connectivity index (χ0) is 15.6. The van der Waals surface area contributed by atoms with Gasteiger partial charge in [0.15, 0.2) is 0 Å². The van der Waals surface area contributed by atoms with Crippen LogP contribution < -0.4 is 5.73 Å². The normalized spacial score (nSPS) is 18.7. The Morgan fingerprint density at radius 2 is 1.91 bits per heavy atom. The van der Waals surface area contributed by atoms with E-state index < -0.39 is 0 Å². The molecular formula is C22H21N. The Balaban J connectivity index is 1.84. The molecule has 0 spiro atoms. The second kappa shape index (κ2) is 6.02. The van der Waals surface area contributed by atoms with E-state index in [1.54, 1.807) is 0 Å². The van der Waals surface area contributed by atoms with Crippen molar-refractivity contribution in [3.63, 3.8) is 0 Å². The zero-order valence-electron chi connectivity index (χ0n) is 13.3. The quantitative estimate of drug-likeness (QED) is 0.832. The van der Waals surface area contributed by atoms with Crippen LogP contribution in [-0.2, 0) is 0 Å². The van der Waals surface area contributed by atoms with E-state index >= 15 is 0 Å². The SMILES string of the molecule is NCCC1=C/C(=C\c2cccc3ccccc23)C2=C1CCC=C2.